The van der Waals surface area contributed by atoms with E-state index in [2.05, 4.69) is 4.90 Å². The second kappa shape index (κ2) is 10.3. The summed E-state index contributed by atoms with van der Waals surface area (Å²) in [6, 6.07) is 20.7. The Labute approximate surface area is 206 Å². The van der Waals surface area contributed by atoms with Gasteiger partial charge in [-0.3, -0.25) is 9.10 Å². The molecule has 0 radical (unpaired) electrons. The molecule has 1 heterocycles. The minimum atomic E-state index is -3.74. The lowest BCUT2D eigenvalue weighted by Gasteiger charge is -2.36. The summed E-state index contributed by atoms with van der Waals surface area (Å²) >= 11 is 0. The van der Waals surface area contributed by atoms with Gasteiger partial charge in [-0.1, -0.05) is 12.1 Å². The molecule has 4 rings (SSSR count). The molecule has 0 aromatic heterocycles. The van der Waals surface area contributed by atoms with Gasteiger partial charge in [0.1, 0.15) is 11.5 Å². The Hall–Kier alpha value is -3.72. The predicted molar refractivity (Wildman–Crippen MR) is 136 cm³/mol. The van der Waals surface area contributed by atoms with Gasteiger partial charge in [-0.2, -0.15) is 0 Å². The molecule has 0 atom stereocenters. The van der Waals surface area contributed by atoms with Crippen LogP contribution in [-0.2, 0) is 10.0 Å². The fourth-order valence-electron chi connectivity index (χ4n) is 4.08. The van der Waals surface area contributed by atoms with Crippen molar-refractivity contribution in [1.29, 1.82) is 0 Å². The van der Waals surface area contributed by atoms with E-state index in [4.69, 9.17) is 9.47 Å². The van der Waals surface area contributed by atoms with E-state index in [0.29, 0.717) is 43.2 Å². The first kappa shape index (κ1) is 24.4. The Balaban J connectivity index is 1.41. The summed E-state index contributed by atoms with van der Waals surface area (Å²) in [5.74, 6) is 1.33. The Morgan fingerprint density at radius 2 is 1.46 bits per heavy atom. The van der Waals surface area contributed by atoms with Crippen LogP contribution in [0.1, 0.15) is 10.4 Å². The zero-order chi connectivity index (χ0) is 25.0. The summed E-state index contributed by atoms with van der Waals surface area (Å²) in [6.07, 6.45) is 0. The van der Waals surface area contributed by atoms with Crippen LogP contribution in [0.15, 0.2) is 77.7 Å². The highest BCUT2D eigenvalue weighted by Gasteiger charge is 2.25. The molecular weight excluding hydrogens is 466 g/mol. The zero-order valence-corrected chi connectivity index (χ0v) is 20.9. The number of methoxy groups -OCH3 is 2. The van der Waals surface area contributed by atoms with E-state index in [-0.39, 0.29) is 10.8 Å². The summed E-state index contributed by atoms with van der Waals surface area (Å²) in [6.45, 7) is 2.58. The van der Waals surface area contributed by atoms with Crippen LogP contribution in [0.25, 0.3) is 0 Å². The number of sulfonamides is 1. The van der Waals surface area contributed by atoms with Crippen LogP contribution in [-0.4, -0.2) is 66.7 Å². The molecule has 1 aliphatic rings. The van der Waals surface area contributed by atoms with E-state index in [1.165, 1.54) is 30.6 Å². The van der Waals surface area contributed by atoms with Gasteiger partial charge in [-0.15, -0.1) is 0 Å². The van der Waals surface area contributed by atoms with Gasteiger partial charge in [-0.25, -0.2) is 8.42 Å². The molecular formula is C26H29N3O5S. The normalized spacial score (nSPS) is 13.9. The van der Waals surface area contributed by atoms with Crippen LogP contribution >= 0.6 is 0 Å². The Morgan fingerprint density at radius 3 is 2.06 bits per heavy atom. The van der Waals surface area contributed by atoms with Crippen molar-refractivity contribution in [2.75, 3.05) is 56.7 Å². The average molecular weight is 496 g/mol. The molecule has 0 N–H and O–H groups in total. The molecule has 8 nitrogen and oxygen atoms in total. The van der Waals surface area contributed by atoms with Crippen LogP contribution in [0.5, 0.6) is 11.5 Å². The highest BCUT2D eigenvalue weighted by Crippen LogP contribution is 2.29. The van der Waals surface area contributed by atoms with Crippen molar-refractivity contribution >= 4 is 27.3 Å². The first-order valence-electron chi connectivity index (χ1n) is 11.3. The minimum absolute atomic E-state index is 0.0723. The number of carbonyl (C=O) groups excluding carboxylic acids is 1. The Kier molecular flexibility index (Phi) is 7.16. The van der Waals surface area contributed by atoms with Gasteiger partial charge in [0.25, 0.3) is 15.9 Å². The number of benzene rings is 3. The number of carbonyl (C=O) groups is 1. The van der Waals surface area contributed by atoms with Crippen molar-refractivity contribution in [3.05, 3.63) is 78.4 Å². The number of para-hydroxylation sites is 2. The maximum atomic E-state index is 13.1. The van der Waals surface area contributed by atoms with Crippen molar-refractivity contribution in [1.82, 2.24) is 4.90 Å². The first-order chi connectivity index (χ1) is 16.8. The topological polar surface area (TPSA) is 79.4 Å². The van der Waals surface area contributed by atoms with E-state index in [0.717, 1.165) is 11.4 Å². The van der Waals surface area contributed by atoms with Crippen molar-refractivity contribution in [2.45, 2.75) is 4.90 Å². The highest BCUT2D eigenvalue weighted by molar-refractivity contribution is 7.92. The smallest absolute Gasteiger partial charge is 0.264 e. The number of nitrogens with zero attached hydrogens (tertiary/aromatic N) is 3. The van der Waals surface area contributed by atoms with Gasteiger partial charge in [0, 0.05) is 38.8 Å². The molecule has 0 saturated carbocycles. The molecule has 0 bridgehead atoms. The van der Waals surface area contributed by atoms with Crippen molar-refractivity contribution in [3.8, 4) is 11.5 Å². The standard InChI is InChI=1S/C26H29N3O5S/c1-27(35(31,32)23-14-12-22(33-2)13-15-23)21-10-8-20(9-11-21)26(30)29-18-16-28(17-19-29)24-6-4-5-7-25(24)34-3/h4-15H,16-19H2,1-3H3. The molecule has 1 fully saturated rings. The molecule has 3 aromatic carbocycles. The SMILES string of the molecule is COc1ccc(S(=O)(=O)N(C)c2ccc(C(=O)N3CCN(c4ccccc4OC)CC3)cc2)cc1. The van der Waals surface area contributed by atoms with Gasteiger partial charge < -0.3 is 19.3 Å². The summed E-state index contributed by atoms with van der Waals surface area (Å²) in [5, 5.41) is 0. The lowest BCUT2D eigenvalue weighted by atomic mass is 10.1. The lowest BCUT2D eigenvalue weighted by Crippen LogP contribution is -2.48. The number of hydrogen-bond donors (Lipinski definition) is 0. The fraction of sp³-hybridized carbons (Fsp3) is 0.269. The first-order valence-corrected chi connectivity index (χ1v) is 12.7. The maximum absolute atomic E-state index is 13.1. The van der Waals surface area contributed by atoms with Crippen LogP contribution in [0, 0.1) is 0 Å². The molecule has 35 heavy (non-hydrogen) atoms. The number of ether oxygens (including phenoxy) is 2. The van der Waals surface area contributed by atoms with Crippen LogP contribution in [0.2, 0.25) is 0 Å². The third-order valence-corrected chi connectivity index (χ3v) is 7.99. The Morgan fingerprint density at radius 1 is 0.829 bits per heavy atom. The second-order valence-electron chi connectivity index (χ2n) is 8.15. The van der Waals surface area contributed by atoms with E-state index in [9.17, 15) is 13.2 Å². The monoisotopic (exact) mass is 495 g/mol. The third-order valence-electron chi connectivity index (χ3n) is 6.19. The highest BCUT2D eigenvalue weighted by atomic mass is 32.2. The lowest BCUT2D eigenvalue weighted by molar-refractivity contribution is 0.0746. The second-order valence-corrected chi connectivity index (χ2v) is 10.1. The molecule has 184 valence electrons. The maximum Gasteiger partial charge on any atom is 0.264 e. The molecule has 9 heteroatoms. The van der Waals surface area contributed by atoms with Crippen molar-refractivity contribution in [3.63, 3.8) is 0 Å². The molecule has 1 amide bonds. The third kappa shape index (κ3) is 5.05. The minimum Gasteiger partial charge on any atom is -0.497 e. The van der Waals surface area contributed by atoms with E-state index in [1.54, 1.807) is 43.5 Å². The molecule has 0 unspecified atom stereocenters. The summed E-state index contributed by atoms with van der Waals surface area (Å²) < 4.78 is 37.7. The molecule has 3 aromatic rings. The van der Waals surface area contributed by atoms with Crippen LogP contribution in [0.3, 0.4) is 0 Å². The molecule has 1 saturated heterocycles. The Bertz CT molecular complexity index is 1270. The zero-order valence-electron chi connectivity index (χ0n) is 20.0. The number of piperazine rings is 1. The molecule has 0 aliphatic carbocycles. The van der Waals surface area contributed by atoms with Gasteiger partial charge in [0.05, 0.1) is 30.5 Å². The summed E-state index contributed by atoms with van der Waals surface area (Å²) in [5.41, 5.74) is 2.01. The van der Waals surface area contributed by atoms with Crippen molar-refractivity contribution < 1.29 is 22.7 Å². The predicted octanol–water partition coefficient (Wildman–Crippen LogP) is 3.49. The molecule has 0 spiro atoms. The number of anilines is 2. The quantitative estimate of drug-likeness (QED) is 0.499. The number of amides is 1. The summed E-state index contributed by atoms with van der Waals surface area (Å²) in [4.78, 5) is 17.3. The fourth-order valence-corrected chi connectivity index (χ4v) is 5.28. The van der Waals surface area contributed by atoms with E-state index in [1.807, 2.05) is 29.2 Å². The van der Waals surface area contributed by atoms with Gasteiger partial charge in [0.2, 0.25) is 0 Å². The summed E-state index contributed by atoms with van der Waals surface area (Å²) in [7, 11) is 0.933. The van der Waals surface area contributed by atoms with Crippen LogP contribution < -0.4 is 18.7 Å². The van der Waals surface area contributed by atoms with Gasteiger partial charge >= 0.3 is 0 Å². The van der Waals surface area contributed by atoms with Gasteiger partial charge in [-0.05, 0) is 60.7 Å². The van der Waals surface area contributed by atoms with E-state index >= 15 is 0 Å². The van der Waals surface area contributed by atoms with Gasteiger partial charge in [0.15, 0.2) is 0 Å². The average Bonchev–Trinajstić information content (AvgIpc) is 2.92. The van der Waals surface area contributed by atoms with Crippen LogP contribution in [0.4, 0.5) is 11.4 Å². The van der Waals surface area contributed by atoms with E-state index < -0.39 is 10.0 Å². The van der Waals surface area contributed by atoms with Crippen molar-refractivity contribution in [2.24, 2.45) is 0 Å². The largest absolute Gasteiger partial charge is 0.497 e. The number of rotatable bonds is 7. The number of hydrogen-bond acceptors (Lipinski definition) is 6. The molecule has 1 aliphatic heterocycles.